The summed E-state index contributed by atoms with van der Waals surface area (Å²) in [5.41, 5.74) is 1.53. The molecule has 23 heavy (non-hydrogen) atoms. The highest BCUT2D eigenvalue weighted by Crippen LogP contribution is 2.24. The van der Waals surface area contributed by atoms with Crippen molar-refractivity contribution >= 4 is 27.5 Å². The summed E-state index contributed by atoms with van der Waals surface area (Å²) in [4.78, 5) is 16.5. The van der Waals surface area contributed by atoms with Crippen molar-refractivity contribution in [3.8, 4) is 0 Å². The minimum Gasteiger partial charge on any atom is -0.310 e. The Morgan fingerprint density at radius 2 is 1.83 bits per heavy atom. The molecule has 0 unspecified atom stereocenters. The SMILES string of the molecule is C[C@@H]1C(=O)N(c2ccc(Br)cc2)CCN1Cc1ccccc1F. The molecule has 120 valence electrons. The lowest BCUT2D eigenvalue weighted by molar-refractivity contribution is -0.125. The number of benzene rings is 2. The fourth-order valence-corrected chi connectivity index (χ4v) is 3.12. The van der Waals surface area contributed by atoms with Gasteiger partial charge in [-0.15, -0.1) is 0 Å². The topological polar surface area (TPSA) is 23.6 Å². The minimum absolute atomic E-state index is 0.0508. The first kappa shape index (κ1) is 16.1. The fraction of sp³-hybridized carbons (Fsp3) is 0.278. The van der Waals surface area contributed by atoms with Crippen LogP contribution in [-0.4, -0.2) is 29.9 Å². The Hall–Kier alpha value is -1.72. The number of anilines is 1. The van der Waals surface area contributed by atoms with Crippen molar-refractivity contribution < 1.29 is 9.18 Å². The van der Waals surface area contributed by atoms with Gasteiger partial charge in [0.1, 0.15) is 5.82 Å². The Kier molecular flexibility index (Phi) is 4.78. The molecule has 0 N–H and O–H groups in total. The zero-order chi connectivity index (χ0) is 16.4. The van der Waals surface area contributed by atoms with E-state index in [4.69, 9.17) is 0 Å². The van der Waals surface area contributed by atoms with Gasteiger partial charge in [0.25, 0.3) is 0 Å². The van der Waals surface area contributed by atoms with Crippen LogP contribution in [0.5, 0.6) is 0 Å². The van der Waals surface area contributed by atoms with E-state index in [0.717, 1.165) is 16.7 Å². The molecule has 1 aliphatic rings. The van der Waals surface area contributed by atoms with E-state index in [1.807, 2.05) is 42.2 Å². The molecule has 0 saturated carbocycles. The molecule has 1 amide bonds. The monoisotopic (exact) mass is 376 g/mol. The van der Waals surface area contributed by atoms with E-state index in [2.05, 4.69) is 15.9 Å². The van der Waals surface area contributed by atoms with Crippen LogP contribution in [0.4, 0.5) is 10.1 Å². The molecule has 0 aromatic heterocycles. The maximum atomic E-state index is 13.8. The van der Waals surface area contributed by atoms with Gasteiger partial charge in [-0.2, -0.15) is 0 Å². The van der Waals surface area contributed by atoms with E-state index in [0.29, 0.717) is 18.7 Å². The Morgan fingerprint density at radius 1 is 1.13 bits per heavy atom. The van der Waals surface area contributed by atoms with Gasteiger partial charge in [0.2, 0.25) is 5.91 Å². The third-order valence-electron chi connectivity index (χ3n) is 4.25. The van der Waals surface area contributed by atoms with Crippen molar-refractivity contribution in [3.63, 3.8) is 0 Å². The van der Waals surface area contributed by atoms with Crippen molar-refractivity contribution in [2.24, 2.45) is 0 Å². The summed E-state index contributed by atoms with van der Waals surface area (Å²) >= 11 is 3.40. The zero-order valence-electron chi connectivity index (χ0n) is 12.9. The van der Waals surface area contributed by atoms with E-state index in [9.17, 15) is 9.18 Å². The van der Waals surface area contributed by atoms with Crippen LogP contribution in [0.3, 0.4) is 0 Å². The third-order valence-corrected chi connectivity index (χ3v) is 4.78. The van der Waals surface area contributed by atoms with Crippen LogP contribution in [0.1, 0.15) is 12.5 Å². The number of amides is 1. The molecule has 0 spiro atoms. The van der Waals surface area contributed by atoms with Crippen molar-refractivity contribution in [1.82, 2.24) is 4.90 Å². The molecular formula is C18H18BrFN2O. The summed E-state index contributed by atoms with van der Waals surface area (Å²) in [6, 6.07) is 14.2. The van der Waals surface area contributed by atoms with Crippen LogP contribution in [0.15, 0.2) is 53.0 Å². The summed E-state index contributed by atoms with van der Waals surface area (Å²) in [6.45, 7) is 3.67. The summed E-state index contributed by atoms with van der Waals surface area (Å²) < 4.78 is 14.8. The average molecular weight is 377 g/mol. The van der Waals surface area contributed by atoms with Crippen LogP contribution >= 0.6 is 15.9 Å². The predicted octanol–water partition coefficient (Wildman–Crippen LogP) is 3.83. The van der Waals surface area contributed by atoms with Crippen LogP contribution in [0.2, 0.25) is 0 Å². The van der Waals surface area contributed by atoms with Crippen LogP contribution < -0.4 is 4.90 Å². The van der Waals surface area contributed by atoms with Gasteiger partial charge in [0.15, 0.2) is 0 Å². The quantitative estimate of drug-likeness (QED) is 0.812. The standard InChI is InChI=1S/C18H18BrFN2O/c1-13-18(23)22(16-8-6-15(19)7-9-16)11-10-21(13)12-14-4-2-3-5-17(14)20/h2-9,13H,10-12H2,1H3/t13-/m1/s1. The van der Waals surface area contributed by atoms with E-state index < -0.39 is 0 Å². The number of piperazine rings is 1. The highest BCUT2D eigenvalue weighted by molar-refractivity contribution is 9.10. The second-order valence-corrected chi connectivity index (χ2v) is 6.62. The van der Waals surface area contributed by atoms with Gasteiger partial charge in [0, 0.05) is 35.4 Å². The molecule has 1 aliphatic heterocycles. The molecule has 0 radical (unpaired) electrons. The molecule has 1 heterocycles. The van der Waals surface area contributed by atoms with Crippen molar-refractivity contribution in [2.45, 2.75) is 19.5 Å². The van der Waals surface area contributed by atoms with Crippen molar-refractivity contribution in [2.75, 3.05) is 18.0 Å². The first-order chi connectivity index (χ1) is 11.1. The molecule has 0 bridgehead atoms. The summed E-state index contributed by atoms with van der Waals surface area (Å²) in [7, 11) is 0. The molecule has 1 saturated heterocycles. The zero-order valence-corrected chi connectivity index (χ0v) is 14.5. The molecule has 0 aliphatic carbocycles. The number of carbonyl (C=O) groups excluding carboxylic acids is 1. The number of rotatable bonds is 3. The van der Waals surface area contributed by atoms with Gasteiger partial charge in [-0.25, -0.2) is 4.39 Å². The third kappa shape index (κ3) is 3.46. The highest BCUT2D eigenvalue weighted by Gasteiger charge is 2.32. The minimum atomic E-state index is -0.271. The Labute approximate surface area is 143 Å². The number of nitrogens with zero attached hydrogens (tertiary/aromatic N) is 2. The van der Waals surface area contributed by atoms with Gasteiger partial charge >= 0.3 is 0 Å². The lowest BCUT2D eigenvalue weighted by Crippen LogP contribution is -2.55. The van der Waals surface area contributed by atoms with Gasteiger partial charge in [-0.05, 0) is 37.3 Å². The van der Waals surface area contributed by atoms with Crippen molar-refractivity contribution in [1.29, 1.82) is 0 Å². The molecule has 1 fully saturated rings. The first-order valence-corrected chi connectivity index (χ1v) is 8.40. The average Bonchev–Trinajstić information content (AvgIpc) is 2.55. The predicted molar refractivity (Wildman–Crippen MR) is 92.8 cm³/mol. The second-order valence-electron chi connectivity index (χ2n) is 5.70. The number of hydrogen-bond donors (Lipinski definition) is 0. The molecule has 2 aromatic rings. The second kappa shape index (κ2) is 6.81. The highest BCUT2D eigenvalue weighted by atomic mass is 79.9. The Morgan fingerprint density at radius 3 is 2.52 bits per heavy atom. The fourth-order valence-electron chi connectivity index (χ4n) is 2.85. The maximum absolute atomic E-state index is 13.8. The molecule has 3 nitrogen and oxygen atoms in total. The van der Waals surface area contributed by atoms with Crippen LogP contribution in [0.25, 0.3) is 0 Å². The van der Waals surface area contributed by atoms with E-state index in [1.165, 1.54) is 6.07 Å². The van der Waals surface area contributed by atoms with Crippen molar-refractivity contribution in [3.05, 3.63) is 64.4 Å². The van der Waals surface area contributed by atoms with Gasteiger partial charge in [0.05, 0.1) is 6.04 Å². The molecular weight excluding hydrogens is 359 g/mol. The Balaban J connectivity index is 1.73. The number of halogens is 2. The van der Waals surface area contributed by atoms with Gasteiger partial charge in [-0.1, -0.05) is 34.1 Å². The number of carbonyl (C=O) groups is 1. The molecule has 5 heteroatoms. The maximum Gasteiger partial charge on any atom is 0.244 e. The lowest BCUT2D eigenvalue weighted by atomic mass is 10.1. The molecule has 2 aromatic carbocycles. The normalized spacial score (nSPS) is 19.2. The molecule has 3 rings (SSSR count). The van der Waals surface area contributed by atoms with E-state index >= 15 is 0 Å². The van der Waals surface area contributed by atoms with Crippen LogP contribution in [0, 0.1) is 5.82 Å². The van der Waals surface area contributed by atoms with Crippen LogP contribution in [-0.2, 0) is 11.3 Å². The number of hydrogen-bond acceptors (Lipinski definition) is 2. The molecule has 1 atom stereocenters. The van der Waals surface area contributed by atoms with Gasteiger partial charge in [-0.3, -0.25) is 9.69 Å². The first-order valence-electron chi connectivity index (χ1n) is 7.60. The summed E-state index contributed by atoms with van der Waals surface area (Å²) in [5, 5.41) is 0. The summed E-state index contributed by atoms with van der Waals surface area (Å²) in [6.07, 6.45) is 0. The van der Waals surface area contributed by atoms with E-state index in [1.54, 1.807) is 17.0 Å². The van der Waals surface area contributed by atoms with E-state index in [-0.39, 0.29) is 17.8 Å². The summed E-state index contributed by atoms with van der Waals surface area (Å²) in [5.74, 6) is -0.169. The Bertz CT molecular complexity index is 704. The smallest absolute Gasteiger partial charge is 0.244 e. The van der Waals surface area contributed by atoms with Gasteiger partial charge < -0.3 is 4.90 Å². The lowest BCUT2D eigenvalue weighted by Gasteiger charge is -2.39. The largest absolute Gasteiger partial charge is 0.310 e.